The van der Waals surface area contributed by atoms with Gasteiger partial charge in [0.05, 0.1) is 0 Å². The highest BCUT2D eigenvalue weighted by molar-refractivity contribution is 5.98. The van der Waals surface area contributed by atoms with Gasteiger partial charge < -0.3 is 20.9 Å². The first-order valence-corrected chi connectivity index (χ1v) is 11.4. The third-order valence-corrected chi connectivity index (χ3v) is 6.26. The predicted molar refractivity (Wildman–Crippen MR) is 124 cm³/mol. The van der Waals surface area contributed by atoms with Crippen molar-refractivity contribution in [2.24, 2.45) is 17.8 Å². The average Bonchev–Trinajstić information content (AvgIpc) is 3.54. The van der Waals surface area contributed by atoms with Gasteiger partial charge in [0, 0.05) is 42.5 Å². The van der Waals surface area contributed by atoms with Crippen molar-refractivity contribution in [2.75, 3.05) is 30.3 Å². The zero-order valence-corrected chi connectivity index (χ0v) is 18.6. The number of hydrogen-bond donors (Lipinski definition) is 3. The Bertz CT molecular complexity index is 1040. The second-order valence-corrected chi connectivity index (χ2v) is 8.99. The van der Waals surface area contributed by atoms with Gasteiger partial charge in [-0.1, -0.05) is 19.1 Å². The molecule has 2 aliphatic rings. The highest BCUT2D eigenvalue weighted by Crippen LogP contribution is 2.38. The molecule has 1 saturated carbocycles. The van der Waals surface area contributed by atoms with Crippen LogP contribution in [0.15, 0.2) is 48.5 Å². The molecule has 0 radical (unpaired) electrons. The molecule has 3 N–H and O–H groups in total. The van der Waals surface area contributed by atoms with E-state index in [1.54, 1.807) is 35.2 Å². The van der Waals surface area contributed by atoms with E-state index in [4.69, 9.17) is 0 Å². The number of anilines is 2. The number of halogens is 1. The molecule has 1 saturated heterocycles. The summed E-state index contributed by atoms with van der Waals surface area (Å²) in [5.41, 5.74) is 1.55. The number of piperidine rings is 1. The van der Waals surface area contributed by atoms with Gasteiger partial charge in [-0.05, 0) is 67.5 Å². The van der Waals surface area contributed by atoms with Crippen molar-refractivity contribution in [3.63, 3.8) is 0 Å². The fourth-order valence-corrected chi connectivity index (χ4v) is 4.23. The third kappa shape index (κ3) is 6.09. The number of amides is 4. The SMILES string of the molecule is CC1CC1C(=O)Nc1cccc(C(=O)N2CCCC(CNC(=O)Nc3cccc(F)c3)C2)c1. The van der Waals surface area contributed by atoms with Crippen LogP contribution in [-0.2, 0) is 4.79 Å². The van der Waals surface area contributed by atoms with Crippen LogP contribution in [0.1, 0.15) is 36.5 Å². The first-order chi connectivity index (χ1) is 15.9. The van der Waals surface area contributed by atoms with E-state index >= 15 is 0 Å². The number of nitrogens with zero attached hydrogens (tertiary/aromatic N) is 1. The molecule has 3 atom stereocenters. The summed E-state index contributed by atoms with van der Waals surface area (Å²) in [7, 11) is 0. The Kier molecular flexibility index (Phi) is 6.91. The van der Waals surface area contributed by atoms with E-state index in [9.17, 15) is 18.8 Å². The second kappa shape index (κ2) is 10.0. The van der Waals surface area contributed by atoms with Crippen molar-refractivity contribution in [3.05, 3.63) is 59.9 Å². The topological polar surface area (TPSA) is 90.5 Å². The minimum atomic E-state index is -0.417. The first kappa shape index (κ1) is 22.8. The van der Waals surface area contributed by atoms with Crippen LogP contribution in [0.2, 0.25) is 0 Å². The summed E-state index contributed by atoms with van der Waals surface area (Å²) in [4.78, 5) is 39.2. The molecule has 1 heterocycles. The van der Waals surface area contributed by atoms with E-state index in [1.165, 1.54) is 18.2 Å². The fourth-order valence-electron chi connectivity index (χ4n) is 4.23. The van der Waals surface area contributed by atoms with E-state index in [-0.39, 0.29) is 23.7 Å². The molecule has 33 heavy (non-hydrogen) atoms. The van der Waals surface area contributed by atoms with Crippen LogP contribution in [0.3, 0.4) is 0 Å². The van der Waals surface area contributed by atoms with Gasteiger partial charge >= 0.3 is 6.03 Å². The van der Waals surface area contributed by atoms with E-state index < -0.39 is 11.8 Å². The summed E-state index contributed by atoms with van der Waals surface area (Å²) >= 11 is 0. The molecule has 1 aliphatic heterocycles. The van der Waals surface area contributed by atoms with E-state index in [0.717, 1.165) is 19.3 Å². The lowest BCUT2D eigenvalue weighted by Gasteiger charge is -2.33. The Morgan fingerprint density at radius 2 is 1.79 bits per heavy atom. The van der Waals surface area contributed by atoms with Crippen LogP contribution in [0.5, 0.6) is 0 Å². The average molecular weight is 453 g/mol. The number of carbonyl (C=O) groups is 3. The Balaban J connectivity index is 1.29. The number of hydrogen-bond acceptors (Lipinski definition) is 3. The Morgan fingerprint density at radius 1 is 1.06 bits per heavy atom. The number of urea groups is 1. The van der Waals surface area contributed by atoms with Crippen molar-refractivity contribution in [1.82, 2.24) is 10.2 Å². The fraction of sp³-hybridized carbons (Fsp3) is 0.400. The van der Waals surface area contributed by atoms with Gasteiger partial charge in [0.1, 0.15) is 5.82 Å². The molecule has 2 aromatic rings. The highest BCUT2D eigenvalue weighted by atomic mass is 19.1. The summed E-state index contributed by atoms with van der Waals surface area (Å²) in [5.74, 6) is 0.121. The minimum absolute atomic E-state index is 0.00716. The van der Waals surface area contributed by atoms with Crippen LogP contribution in [0, 0.1) is 23.6 Å². The molecule has 2 fully saturated rings. The van der Waals surface area contributed by atoms with Crippen molar-refractivity contribution in [1.29, 1.82) is 0 Å². The van der Waals surface area contributed by atoms with Gasteiger partial charge in [0.2, 0.25) is 5.91 Å². The van der Waals surface area contributed by atoms with Gasteiger partial charge in [0.25, 0.3) is 5.91 Å². The zero-order valence-electron chi connectivity index (χ0n) is 18.6. The Hall–Kier alpha value is -3.42. The maximum absolute atomic E-state index is 13.3. The van der Waals surface area contributed by atoms with Crippen molar-refractivity contribution < 1.29 is 18.8 Å². The van der Waals surface area contributed by atoms with Gasteiger partial charge in [-0.25, -0.2) is 9.18 Å². The summed E-state index contributed by atoms with van der Waals surface area (Å²) in [6.07, 6.45) is 2.66. The lowest BCUT2D eigenvalue weighted by atomic mass is 9.97. The molecular formula is C25H29FN4O3. The smallest absolute Gasteiger partial charge is 0.319 e. The molecule has 7 nitrogen and oxygen atoms in total. The maximum atomic E-state index is 13.3. The van der Waals surface area contributed by atoms with Crippen LogP contribution in [0.25, 0.3) is 0 Å². The zero-order chi connectivity index (χ0) is 23.4. The molecule has 174 valence electrons. The lowest BCUT2D eigenvalue weighted by Crippen LogP contribution is -2.44. The molecule has 0 aromatic heterocycles. The normalized spacial score (nSPS) is 21.8. The minimum Gasteiger partial charge on any atom is -0.338 e. The number of benzene rings is 2. The molecule has 0 bridgehead atoms. The number of likely N-dealkylation sites (tertiary alicyclic amines) is 1. The molecule has 2 aromatic carbocycles. The van der Waals surface area contributed by atoms with E-state index in [0.29, 0.717) is 42.5 Å². The highest BCUT2D eigenvalue weighted by Gasteiger charge is 2.39. The lowest BCUT2D eigenvalue weighted by molar-refractivity contribution is -0.117. The van der Waals surface area contributed by atoms with E-state index in [1.807, 2.05) is 0 Å². The van der Waals surface area contributed by atoms with E-state index in [2.05, 4.69) is 22.9 Å². The number of rotatable bonds is 6. The molecule has 0 spiro atoms. The molecular weight excluding hydrogens is 423 g/mol. The quantitative estimate of drug-likeness (QED) is 0.617. The molecule has 4 rings (SSSR count). The standard InChI is InChI=1S/C25H29FN4O3/c1-16-11-22(16)23(31)28-20-8-2-6-18(12-20)24(32)30-10-4-5-17(15-30)14-27-25(33)29-21-9-3-7-19(26)13-21/h2-3,6-9,12-13,16-17,22H,4-5,10-11,14-15H2,1H3,(H,28,31)(H2,27,29,33). The predicted octanol–water partition coefficient (Wildman–Crippen LogP) is 4.09. The van der Waals surface area contributed by atoms with Gasteiger partial charge in [0.15, 0.2) is 0 Å². The van der Waals surface area contributed by atoms with Crippen molar-refractivity contribution >= 4 is 29.2 Å². The summed E-state index contributed by atoms with van der Waals surface area (Å²) in [6, 6.07) is 12.4. The van der Waals surface area contributed by atoms with Crippen molar-refractivity contribution in [3.8, 4) is 0 Å². The third-order valence-electron chi connectivity index (χ3n) is 6.26. The molecule has 3 unspecified atom stereocenters. The first-order valence-electron chi connectivity index (χ1n) is 11.4. The van der Waals surface area contributed by atoms with Gasteiger partial charge in [-0.2, -0.15) is 0 Å². The van der Waals surface area contributed by atoms with Gasteiger partial charge in [-0.15, -0.1) is 0 Å². The van der Waals surface area contributed by atoms with Crippen LogP contribution < -0.4 is 16.0 Å². The second-order valence-electron chi connectivity index (χ2n) is 8.99. The number of nitrogens with one attached hydrogen (secondary N) is 3. The Morgan fingerprint density at radius 3 is 2.52 bits per heavy atom. The van der Waals surface area contributed by atoms with Crippen molar-refractivity contribution in [2.45, 2.75) is 26.2 Å². The molecule has 8 heteroatoms. The van der Waals surface area contributed by atoms with Crippen LogP contribution >= 0.6 is 0 Å². The van der Waals surface area contributed by atoms with Crippen LogP contribution in [0.4, 0.5) is 20.6 Å². The summed E-state index contributed by atoms with van der Waals surface area (Å²) in [5, 5.41) is 8.34. The molecule has 1 aliphatic carbocycles. The van der Waals surface area contributed by atoms with Gasteiger partial charge in [-0.3, -0.25) is 9.59 Å². The monoisotopic (exact) mass is 452 g/mol. The summed E-state index contributed by atoms with van der Waals surface area (Å²) < 4.78 is 13.3. The largest absolute Gasteiger partial charge is 0.338 e. The Labute approximate surface area is 192 Å². The molecule has 4 amide bonds. The number of carbonyl (C=O) groups excluding carboxylic acids is 3. The summed E-state index contributed by atoms with van der Waals surface area (Å²) in [6.45, 7) is 3.66. The maximum Gasteiger partial charge on any atom is 0.319 e. The van der Waals surface area contributed by atoms with Crippen LogP contribution in [-0.4, -0.2) is 42.4 Å².